The SMILES string of the molecule is CCOC(=O)c1cnn(-c2cc(C)c3cccc(C)c3n2)c1NC(=O)CC. The van der Waals surface area contributed by atoms with Crippen LogP contribution in [0.4, 0.5) is 5.82 Å². The maximum atomic E-state index is 12.3. The van der Waals surface area contributed by atoms with E-state index in [1.54, 1.807) is 13.8 Å². The fourth-order valence-electron chi connectivity index (χ4n) is 2.87. The molecule has 0 aliphatic carbocycles. The average molecular weight is 366 g/mol. The summed E-state index contributed by atoms with van der Waals surface area (Å²) < 4.78 is 6.55. The van der Waals surface area contributed by atoms with E-state index in [0.717, 1.165) is 22.0 Å². The number of para-hydroxylation sites is 1. The zero-order valence-electron chi connectivity index (χ0n) is 15.9. The van der Waals surface area contributed by atoms with Gasteiger partial charge in [0.1, 0.15) is 5.56 Å². The monoisotopic (exact) mass is 366 g/mol. The van der Waals surface area contributed by atoms with E-state index in [4.69, 9.17) is 9.72 Å². The molecule has 0 atom stereocenters. The van der Waals surface area contributed by atoms with Gasteiger partial charge in [-0.3, -0.25) is 4.79 Å². The number of nitrogens with one attached hydrogen (secondary N) is 1. The predicted octanol–water partition coefficient (Wildman–Crippen LogP) is 3.56. The lowest BCUT2D eigenvalue weighted by atomic mass is 10.1. The molecule has 0 bridgehead atoms. The Morgan fingerprint density at radius 3 is 2.67 bits per heavy atom. The highest BCUT2D eigenvalue weighted by Crippen LogP contribution is 2.26. The normalized spacial score (nSPS) is 10.8. The van der Waals surface area contributed by atoms with E-state index in [2.05, 4.69) is 10.4 Å². The van der Waals surface area contributed by atoms with Crippen LogP contribution in [0.5, 0.6) is 0 Å². The fourth-order valence-corrected chi connectivity index (χ4v) is 2.87. The molecule has 27 heavy (non-hydrogen) atoms. The number of rotatable bonds is 5. The Labute approximate surface area is 157 Å². The number of carbonyl (C=O) groups excluding carboxylic acids is 2. The number of hydrogen-bond acceptors (Lipinski definition) is 5. The number of ether oxygens (including phenoxy) is 1. The van der Waals surface area contributed by atoms with Crippen LogP contribution in [0.3, 0.4) is 0 Å². The molecular weight excluding hydrogens is 344 g/mol. The minimum Gasteiger partial charge on any atom is -0.462 e. The lowest BCUT2D eigenvalue weighted by molar-refractivity contribution is -0.115. The van der Waals surface area contributed by atoms with Crippen LogP contribution in [-0.2, 0) is 9.53 Å². The summed E-state index contributed by atoms with van der Waals surface area (Å²) in [4.78, 5) is 29.0. The number of esters is 1. The highest BCUT2D eigenvalue weighted by atomic mass is 16.5. The number of aryl methyl sites for hydroxylation is 2. The molecule has 1 aromatic carbocycles. The Morgan fingerprint density at radius 2 is 1.96 bits per heavy atom. The van der Waals surface area contributed by atoms with Crippen molar-refractivity contribution < 1.29 is 14.3 Å². The molecule has 1 amide bonds. The number of pyridine rings is 1. The smallest absolute Gasteiger partial charge is 0.343 e. The van der Waals surface area contributed by atoms with E-state index in [1.807, 2.05) is 38.1 Å². The van der Waals surface area contributed by atoms with Gasteiger partial charge in [0.2, 0.25) is 5.91 Å². The first-order valence-corrected chi connectivity index (χ1v) is 8.88. The number of anilines is 1. The van der Waals surface area contributed by atoms with E-state index in [0.29, 0.717) is 5.82 Å². The van der Waals surface area contributed by atoms with Gasteiger partial charge in [0, 0.05) is 11.8 Å². The zero-order valence-corrected chi connectivity index (χ0v) is 15.9. The molecule has 3 aromatic rings. The standard InChI is InChI=1S/C20H22N4O3/c1-5-17(25)23-19-15(20(26)27-6-2)11-21-24(19)16-10-13(4)14-9-7-8-12(3)18(14)22-16/h7-11H,5-6H2,1-4H3,(H,23,25). The van der Waals surface area contributed by atoms with Gasteiger partial charge in [-0.05, 0) is 38.0 Å². The Bertz CT molecular complexity index is 1020. The van der Waals surface area contributed by atoms with Crippen LogP contribution in [-0.4, -0.2) is 33.2 Å². The summed E-state index contributed by atoms with van der Waals surface area (Å²) in [6, 6.07) is 7.88. The minimum atomic E-state index is -0.538. The first-order chi connectivity index (χ1) is 13.0. The maximum Gasteiger partial charge on any atom is 0.343 e. The summed E-state index contributed by atoms with van der Waals surface area (Å²) in [7, 11) is 0. The third kappa shape index (κ3) is 3.53. The van der Waals surface area contributed by atoms with E-state index < -0.39 is 5.97 Å². The Kier molecular flexibility index (Phi) is 5.21. The maximum absolute atomic E-state index is 12.3. The molecule has 7 nitrogen and oxygen atoms in total. The summed E-state index contributed by atoms with van der Waals surface area (Å²) in [6.07, 6.45) is 1.67. The average Bonchev–Trinajstić information content (AvgIpc) is 3.06. The second kappa shape index (κ2) is 7.57. The molecule has 3 rings (SSSR count). The molecule has 0 radical (unpaired) electrons. The number of benzene rings is 1. The molecule has 0 spiro atoms. The van der Waals surface area contributed by atoms with Crippen molar-refractivity contribution in [2.24, 2.45) is 0 Å². The van der Waals surface area contributed by atoms with Crippen LogP contribution < -0.4 is 5.32 Å². The molecule has 0 saturated carbocycles. The van der Waals surface area contributed by atoms with Crippen molar-refractivity contribution in [2.75, 3.05) is 11.9 Å². The fraction of sp³-hybridized carbons (Fsp3) is 0.300. The van der Waals surface area contributed by atoms with Gasteiger partial charge >= 0.3 is 5.97 Å². The Balaban J connectivity index is 2.19. The van der Waals surface area contributed by atoms with Crippen LogP contribution in [0, 0.1) is 13.8 Å². The second-order valence-corrected chi connectivity index (χ2v) is 6.21. The third-order valence-electron chi connectivity index (χ3n) is 4.30. The molecule has 0 saturated heterocycles. The van der Waals surface area contributed by atoms with Crippen molar-refractivity contribution in [1.29, 1.82) is 0 Å². The first kappa shape index (κ1) is 18.6. The molecule has 0 aliphatic heterocycles. The Morgan fingerprint density at radius 1 is 1.19 bits per heavy atom. The molecule has 0 aliphatic rings. The van der Waals surface area contributed by atoms with Gasteiger partial charge in [0.15, 0.2) is 11.6 Å². The summed E-state index contributed by atoms with van der Waals surface area (Å²) in [5.41, 5.74) is 3.12. The molecule has 7 heteroatoms. The number of carbonyl (C=O) groups is 2. The lowest BCUT2D eigenvalue weighted by Crippen LogP contribution is -2.17. The molecule has 140 valence electrons. The topological polar surface area (TPSA) is 86.1 Å². The highest BCUT2D eigenvalue weighted by Gasteiger charge is 2.22. The molecule has 0 fully saturated rings. The number of nitrogens with zero attached hydrogens (tertiary/aromatic N) is 3. The van der Waals surface area contributed by atoms with Crippen molar-refractivity contribution >= 4 is 28.6 Å². The summed E-state index contributed by atoms with van der Waals surface area (Å²) >= 11 is 0. The van der Waals surface area contributed by atoms with Crippen LogP contribution >= 0.6 is 0 Å². The van der Waals surface area contributed by atoms with E-state index in [-0.39, 0.29) is 30.3 Å². The highest BCUT2D eigenvalue weighted by molar-refractivity contribution is 6.00. The number of fused-ring (bicyclic) bond motifs is 1. The van der Waals surface area contributed by atoms with Gasteiger partial charge in [-0.15, -0.1) is 0 Å². The van der Waals surface area contributed by atoms with Gasteiger partial charge in [-0.1, -0.05) is 25.1 Å². The van der Waals surface area contributed by atoms with Crippen molar-refractivity contribution in [3.05, 3.63) is 47.2 Å². The molecule has 0 unspecified atom stereocenters. The van der Waals surface area contributed by atoms with E-state index in [9.17, 15) is 9.59 Å². The van der Waals surface area contributed by atoms with Gasteiger partial charge in [0.05, 0.1) is 18.3 Å². The van der Waals surface area contributed by atoms with Crippen LogP contribution in [0.25, 0.3) is 16.7 Å². The van der Waals surface area contributed by atoms with Gasteiger partial charge in [0.25, 0.3) is 0 Å². The van der Waals surface area contributed by atoms with E-state index >= 15 is 0 Å². The van der Waals surface area contributed by atoms with Gasteiger partial charge in [-0.2, -0.15) is 9.78 Å². The Hall–Kier alpha value is -3.22. The first-order valence-electron chi connectivity index (χ1n) is 8.88. The molecule has 2 heterocycles. The summed E-state index contributed by atoms with van der Waals surface area (Å²) in [6.45, 7) is 7.68. The van der Waals surface area contributed by atoms with Crippen molar-refractivity contribution in [1.82, 2.24) is 14.8 Å². The van der Waals surface area contributed by atoms with Crippen LogP contribution in [0.2, 0.25) is 0 Å². The zero-order chi connectivity index (χ0) is 19.6. The van der Waals surface area contributed by atoms with Crippen LogP contribution in [0.1, 0.15) is 41.8 Å². The number of amides is 1. The van der Waals surface area contributed by atoms with Gasteiger partial charge < -0.3 is 10.1 Å². The summed E-state index contributed by atoms with van der Waals surface area (Å²) in [5, 5.41) is 8.09. The lowest BCUT2D eigenvalue weighted by Gasteiger charge is -2.12. The van der Waals surface area contributed by atoms with Crippen LogP contribution in [0.15, 0.2) is 30.5 Å². The van der Waals surface area contributed by atoms with Crippen molar-refractivity contribution in [3.8, 4) is 5.82 Å². The van der Waals surface area contributed by atoms with Gasteiger partial charge in [-0.25, -0.2) is 9.78 Å². The molecule has 1 N–H and O–H groups in total. The second-order valence-electron chi connectivity index (χ2n) is 6.21. The van der Waals surface area contributed by atoms with Crippen molar-refractivity contribution in [2.45, 2.75) is 34.1 Å². The minimum absolute atomic E-state index is 0.197. The molecule has 2 aromatic heterocycles. The largest absolute Gasteiger partial charge is 0.462 e. The number of hydrogen-bond donors (Lipinski definition) is 1. The predicted molar refractivity (Wildman–Crippen MR) is 103 cm³/mol. The third-order valence-corrected chi connectivity index (χ3v) is 4.30. The molecular formula is C20H22N4O3. The van der Waals surface area contributed by atoms with E-state index in [1.165, 1.54) is 10.9 Å². The van der Waals surface area contributed by atoms with Crippen molar-refractivity contribution in [3.63, 3.8) is 0 Å². The number of aromatic nitrogens is 3. The summed E-state index contributed by atoms with van der Waals surface area (Å²) in [5.74, 6) is 0.0243. The quantitative estimate of drug-likeness (QED) is 0.698.